The van der Waals surface area contributed by atoms with Gasteiger partial charge >= 0.3 is 0 Å². The molecule has 110 valence electrons. The van der Waals surface area contributed by atoms with Gasteiger partial charge in [-0.3, -0.25) is 0 Å². The van der Waals surface area contributed by atoms with Crippen LogP contribution in [0.25, 0.3) is 0 Å². The van der Waals surface area contributed by atoms with Gasteiger partial charge in [-0.05, 0) is 48.4 Å². The lowest BCUT2D eigenvalue weighted by atomic mass is 9.93. The number of rotatable bonds is 2. The predicted octanol–water partition coefficient (Wildman–Crippen LogP) is 4.29. The molecule has 2 atom stereocenters. The van der Waals surface area contributed by atoms with Gasteiger partial charge in [-0.25, -0.2) is 0 Å². The Labute approximate surface area is 133 Å². The normalized spacial score (nSPS) is 20.6. The number of benzene rings is 2. The quantitative estimate of drug-likeness (QED) is 0.881. The zero-order chi connectivity index (χ0) is 15.0. The SMILES string of the molecule is COc1ccc(C2CC(N)c3cc(Br)ccc3O2)cc1C. The van der Waals surface area contributed by atoms with Crippen LogP contribution in [0.3, 0.4) is 0 Å². The van der Waals surface area contributed by atoms with E-state index >= 15 is 0 Å². The van der Waals surface area contributed by atoms with Gasteiger partial charge in [-0.15, -0.1) is 0 Å². The Kier molecular flexibility index (Phi) is 3.91. The van der Waals surface area contributed by atoms with Gasteiger partial charge in [0.1, 0.15) is 17.6 Å². The second kappa shape index (κ2) is 5.70. The van der Waals surface area contributed by atoms with Crippen molar-refractivity contribution < 1.29 is 9.47 Å². The minimum Gasteiger partial charge on any atom is -0.496 e. The number of fused-ring (bicyclic) bond motifs is 1. The smallest absolute Gasteiger partial charge is 0.126 e. The van der Waals surface area contributed by atoms with Gasteiger partial charge in [0.15, 0.2) is 0 Å². The van der Waals surface area contributed by atoms with Crippen LogP contribution in [-0.2, 0) is 0 Å². The fourth-order valence-electron chi connectivity index (χ4n) is 2.78. The first-order valence-electron chi connectivity index (χ1n) is 6.94. The molecule has 0 aromatic heterocycles. The monoisotopic (exact) mass is 347 g/mol. The summed E-state index contributed by atoms with van der Waals surface area (Å²) in [5.74, 6) is 1.76. The predicted molar refractivity (Wildman–Crippen MR) is 86.8 cm³/mol. The maximum absolute atomic E-state index is 6.31. The minimum atomic E-state index is -0.0155. The molecule has 0 fully saturated rings. The van der Waals surface area contributed by atoms with Gasteiger partial charge in [0.05, 0.1) is 7.11 Å². The molecule has 0 bridgehead atoms. The van der Waals surface area contributed by atoms with Crippen LogP contribution >= 0.6 is 15.9 Å². The molecule has 1 aliphatic rings. The number of aryl methyl sites for hydroxylation is 1. The van der Waals surface area contributed by atoms with Crippen LogP contribution in [0.2, 0.25) is 0 Å². The van der Waals surface area contributed by atoms with E-state index in [2.05, 4.69) is 22.0 Å². The van der Waals surface area contributed by atoms with Crippen molar-refractivity contribution in [2.24, 2.45) is 5.73 Å². The van der Waals surface area contributed by atoms with Crippen LogP contribution in [0.1, 0.15) is 35.3 Å². The summed E-state index contributed by atoms with van der Waals surface area (Å²) in [5, 5.41) is 0. The van der Waals surface area contributed by atoms with Gasteiger partial charge in [0.25, 0.3) is 0 Å². The molecule has 0 radical (unpaired) electrons. The van der Waals surface area contributed by atoms with Gasteiger partial charge in [0, 0.05) is 22.5 Å². The Balaban J connectivity index is 1.92. The third-order valence-electron chi connectivity index (χ3n) is 3.90. The largest absolute Gasteiger partial charge is 0.496 e. The number of ether oxygens (including phenoxy) is 2. The Morgan fingerprint density at radius 3 is 2.76 bits per heavy atom. The standard InChI is InChI=1S/C17H18BrNO2/c1-10-7-11(3-5-15(10)20-2)17-9-14(19)13-8-12(18)4-6-16(13)21-17/h3-8,14,17H,9,19H2,1-2H3. The first-order valence-corrected chi connectivity index (χ1v) is 7.74. The molecule has 0 spiro atoms. The maximum Gasteiger partial charge on any atom is 0.126 e. The van der Waals surface area contributed by atoms with Crippen molar-refractivity contribution in [1.82, 2.24) is 0 Å². The highest BCUT2D eigenvalue weighted by Gasteiger charge is 2.27. The maximum atomic E-state index is 6.31. The second-order valence-electron chi connectivity index (χ2n) is 5.36. The van der Waals surface area contributed by atoms with Crippen LogP contribution < -0.4 is 15.2 Å². The van der Waals surface area contributed by atoms with Crippen molar-refractivity contribution >= 4 is 15.9 Å². The summed E-state index contributed by atoms with van der Waals surface area (Å²) >= 11 is 3.48. The average Bonchev–Trinajstić information content (AvgIpc) is 2.47. The highest BCUT2D eigenvalue weighted by Crippen LogP contribution is 2.41. The second-order valence-corrected chi connectivity index (χ2v) is 6.28. The summed E-state index contributed by atoms with van der Waals surface area (Å²) in [5.41, 5.74) is 9.61. The van der Waals surface area contributed by atoms with Crippen molar-refractivity contribution in [3.05, 3.63) is 57.6 Å². The Morgan fingerprint density at radius 1 is 1.24 bits per heavy atom. The van der Waals surface area contributed by atoms with Crippen LogP contribution in [0.15, 0.2) is 40.9 Å². The van der Waals surface area contributed by atoms with Gasteiger partial charge in [-0.1, -0.05) is 22.0 Å². The minimum absolute atomic E-state index is 0.0151. The van der Waals surface area contributed by atoms with E-state index in [1.807, 2.05) is 37.3 Å². The molecule has 3 nitrogen and oxygen atoms in total. The van der Waals surface area contributed by atoms with E-state index in [-0.39, 0.29) is 12.1 Å². The van der Waals surface area contributed by atoms with Crippen molar-refractivity contribution in [2.45, 2.75) is 25.5 Å². The molecule has 1 aliphatic heterocycles. The summed E-state index contributed by atoms with van der Waals surface area (Å²) in [6.45, 7) is 2.04. The number of hydrogen-bond acceptors (Lipinski definition) is 3. The van der Waals surface area contributed by atoms with Crippen LogP contribution in [-0.4, -0.2) is 7.11 Å². The van der Waals surface area contributed by atoms with E-state index in [1.165, 1.54) is 0 Å². The number of methoxy groups -OCH3 is 1. The molecule has 0 aliphatic carbocycles. The molecule has 2 aromatic carbocycles. The van der Waals surface area contributed by atoms with Crippen molar-refractivity contribution in [3.8, 4) is 11.5 Å². The number of halogens is 1. The highest BCUT2D eigenvalue weighted by atomic mass is 79.9. The zero-order valence-electron chi connectivity index (χ0n) is 12.1. The van der Waals surface area contributed by atoms with Gasteiger partial charge < -0.3 is 15.2 Å². The molecule has 0 amide bonds. The summed E-state index contributed by atoms with van der Waals surface area (Å²) in [6, 6.07) is 12.1. The third-order valence-corrected chi connectivity index (χ3v) is 4.39. The topological polar surface area (TPSA) is 44.5 Å². The number of hydrogen-bond donors (Lipinski definition) is 1. The lowest BCUT2D eigenvalue weighted by Gasteiger charge is -2.31. The summed E-state index contributed by atoms with van der Waals surface area (Å²) in [7, 11) is 1.68. The summed E-state index contributed by atoms with van der Waals surface area (Å²) in [4.78, 5) is 0. The van der Waals surface area contributed by atoms with Crippen LogP contribution in [0.4, 0.5) is 0 Å². The first-order chi connectivity index (χ1) is 10.1. The van der Waals surface area contributed by atoms with E-state index in [1.54, 1.807) is 7.11 Å². The lowest BCUT2D eigenvalue weighted by Crippen LogP contribution is -2.24. The fraction of sp³-hybridized carbons (Fsp3) is 0.294. The molecule has 2 unspecified atom stereocenters. The molecule has 21 heavy (non-hydrogen) atoms. The fourth-order valence-corrected chi connectivity index (χ4v) is 3.16. The van der Waals surface area contributed by atoms with Crippen LogP contribution in [0.5, 0.6) is 11.5 Å². The third kappa shape index (κ3) is 2.78. The molecule has 0 saturated carbocycles. The molecule has 2 N–H and O–H groups in total. The number of nitrogens with two attached hydrogens (primary N) is 1. The van der Waals surface area contributed by atoms with Crippen LogP contribution in [0, 0.1) is 6.92 Å². The van der Waals surface area contributed by atoms with E-state index in [0.717, 1.165) is 39.1 Å². The van der Waals surface area contributed by atoms with Crippen molar-refractivity contribution in [2.75, 3.05) is 7.11 Å². The van der Waals surface area contributed by atoms with Gasteiger partial charge in [-0.2, -0.15) is 0 Å². The lowest BCUT2D eigenvalue weighted by molar-refractivity contribution is 0.161. The molecule has 1 heterocycles. The molecule has 0 saturated heterocycles. The highest BCUT2D eigenvalue weighted by molar-refractivity contribution is 9.10. The Morgan fingerprint density at radius 2 is 2.05 bits per heavy atom. The van der Waals surface area contributed by atoms with Crippen molar-refractivity contribution in [1.29, 1.82) is 0 Å². The van der Waals surface area contributed by atoms with Gasteiger partial charge in [0.2, 0.25) is 0 Å². The average molecular weight is 348 g/mol. The van der Waals surface area contributed by atoms with E-state index in [0.29, 0.717) is 0 Å². The molecular formula is C17H18BrNO2. The van der Waals surface area contributed by atoms with E-state index in [9.17, 15) is 0 Å². The van der Waals surface area contributed by atoms with E-state index < -0.39 is 0 Å². The zero-order valence-corrected chi connectivity index (χ0v) is 13.7. The first kappa shape index (κ1) is 14.4. The molecular weight excluding hydrogens is 330 g/mol. The molecule has 2 aromatic rings. The molecule has 3 rings (SSSR count). The Hall–Kier alpha value is -1.52. The van der Waals surface area contributed by atoms with Crippen molar-refractivity contribution in [3.63, 3.8) is 0 Å². The summed E-state index contributed by atoms with van der Waals surface area (Å²) in [6.07, 6.45) is 0.758. The Bertz CT molecular complexity index is 672. The molecule has 4 heteroatoms. The summed E-state index contributed by atoms with van der Waals surface area (Å²) < 4.78 is 12.5. The van der Waals surface area contributed by atoms with E-state index in [4.69, 9.17) is 15.2 Å².